The number of carbonyl (C=O) groups is 1. The van der Waals surface area contributed by atoms with E-state index in [0.29, 0.717) is 12.5 Å². The molecule has 1 aromatic heterocycles. The van der Waals surface area contributed by atoms with Gasteiger partial charge in [-0.15, -0.1) is 12.4 Å². The second-order valence-electron chi connectivity index (χ2n) is 4.44. The van der Waals surface area contributed by atoms with Crippen molar-refractivity contribution in [3.63, 3.8) is 0 Å². The maximum absolute atomic E-state index is 12.0. The van der Waals surface area contributed by atoms with Crippen LogP contribution in [0.1, 0.15) is 21.8 Å². The van der Waals surface area contributed by atoms with Crippen molar-refractivity contribution >= 4 is 29.2 Å². The Balaban J connectivity index is 0.00000120. The summed E-state index contributed by atoms with van der Waals surface area (Å²) in [6.07, 6.45) is 2.02. The van der Waals surface area contributed by atoms with E-state index < -0.39 is 0 Å². The number of nitrogens with one attached hydrogen (secondary N) is 3. The Kier molecular flexibility index (Phi) is 3.59. The fourth-order valence-electron chi connectivity index (χ4n) is 2.57. The van der Waals surface area contributed by atoms with Crippen LogP contribution in [0.2, 0.25) is 0 Å². The lowest BCUT2D eigenvalue weighted by atomic mass is 9.97. The minimum absolute atomic E-state index is 0. The number of aromatic nitrogens is 1. The van der Waals surface area contributed by atoms with E-state index in [4.69, 9.17) is 0 Å². The highest BCUT2D eigenvalue weighted by atomic mass is 35.5. The molecule has 0 fully saturated rings. The highest BCUT2D eigenvalue weighted by Crippen LogP contribution is 2.30. The normalized spacial score (nSPS) is 18.1. The molecule has 2 aromatic rings. The van der Waals surface area contributed by atoms with E-state index in [2.05, 4.69) is 15.6 Å². The van der Waals surface area contributed by atoms with E-state index >= 15 is 0 Å². The van der Waals surface area contributed by atoms with Gasteiger partial charge in [-0.3, -0.25) is 4.79 Å². The number of amides is 1. The molecule has 0 aliphatic carbocycles. The number of aromatic amines is 1. The third-order valence-electron chi connectivity index (χ3n) is 3.38. The number of hydrogen-bond acceptors (Lipinski definition) is 2. The molecule has 4 nitrogen and oxygen atoms in total. The zero-order valence-corrected chi connectivity index (χ0v) is 10.9. The second-order valence-corrected chi connectivity index (χ2v) is 4.44. The predicted octanol–water partition coefficient (Wildman–Crippen LogP) is 1.64. The van der Waals surface area contributed by atoms with Gasteiger partial charge in [0.15, 0.2) is 0 Å². The topological polar surface area (TPSA) is 56.9 Å². The monoisotopic (exact) mass is 265 g/mol. The lowest BCUT2D eigenvalue weighted by Gasteiger charge is -2.13. The number of halogens is 1. The second kappa shape index (κ2) is 5.00. The SMILES string of the molecule is CNC[C@@H]1CNC(=O)c2cccc3[nH]cc1c23.Cl. The lowest BCUT2D eigenvalue weighted by Crippen LogP contribution is -2.30. The Labute approximate surface area is 112 Å². The average molecular weight is 266 g/mol. The predicted molar refractivity (Wildman–Crippen MR) is 74.5 cm³/mol. The summed E-state index contributed by atoms with van der Waals surface area (Å²) in [4.78, 5) is 15.2. The number of H-pyrrole nitrogens is 1. The van der Waals surface area contributed by atoms with Crippen LogP contribution in [-0.2, 0) is 0 Å². The van der Waals surface area contributed by atoms with E-state index in [1.165, 1.54) is 5.56 Å². The van der Waals surface area contributed by atoms with Gasteiger partial charge in [0.1, 0.15) is 0 Å². The van der Waals surface area contributed by atoms with Crippen molar-refractivity contribution < 1.29 is 4.79 Å². The molecule has 0 saturated heterocycles. The molecule has 1 aliphatic rings. The Hall–Kier alpha value is -1.52. The molecule has 3 N–H and O–H groups in total. The van der Waals surface area contributed by atoms with Gasteiger partial charge in [-0.25, -0.2) is 0 Å². The largest absolute Gasteiger partial charge is 0.361 e. The van der Waals surface area contributed by atoms with Crippen molar-refractivity contribution in [2.75, 3.05) is 20.1 Å². The Morgan fingerprint density at radius 3 is 3.06 bits per heavy atom. The smallest absolute Gasteiger partial charge is 0.251 e. The van der Waals surface area contributed by atoms with Gasteiger partial charge in [0.25, 0.3) is 5.91 Å². The van der Waals surface area contributed by atoms with E-state index in [0.717, 1.165) is 23.0 Å². The molecule has 1 aliphatic heterocycles. The van der Waals surface area contributed by atoms with Gasteiger partial charge in [0.2, 0.25) is 0 Å². The molecule has 1 aromatic carbocycles. The quantitative estimate of drug-likeness (QED) is 0.773. The Bertz CT molecular complexity index is 579. The first kappa shape index (κ1) is 12.9. The molecular formula is C13H16ClN3O. The lowest BCUT2D eigenvalue weighted by molar-refractivity contribution is 0.0954. The molecule has 0 spiro atoms. The minimum atomic E-state index is 0. The zero-order chi connectivity index (χ0) is 11.8. The van der Waals surface area contributed by atoms with Gasteiger partial charge in [0, 0.05) is 41.7 Å². The third-order valence-corrected chi connectivity index (χ3v) is 3.38. The summed E-state index contributed by atoms with van der Waals surface area (Å²) < 4.78 is 0. The van der Waals surface area contributed by atoms with Crippen molar-refractivity contribution in [2.24, 2.45) is 0 Å². The van der Waals surface area contributed by atoms with Crippen LogP contribution in [0, 0.1) is 0 Å². The van der Waals surface area contributed by atoms with E-state index in [1.54, 1.807) is 0 Å². The van der Waals surface area contributed by atoms with Crippen LogP contribution in [0.3, 0.4) is 0 Å². The van der Waals surface area contributed by atoms with Crippen LogP contribution in [0.4, 0.5) is 0 Å². The molecule has 0 bridgehead atoms. The van der Waals surface area contributed by atoms with Crippen molar-refractivity contribution in [1.29, 1.82) is 0 Å². The van der Waals surface area contributed by atoms with Crippen molar-refractivity contribution in [1.82, 2.24) is 15.6 Å². The van der Waals surface area contributed by atoms with E-state index in [-0.39, 0.29) is 18.3 Å². The Morgan fingerprint density at radius 1 is 1.44 bits per heavy atom. The van der Waals surface area contributed by atoms with Crippen molar-refractivity contribution in [2.45, 2.75) is 5.92 Å². The highest BCUT2D eigenvalue weighted by Gasteiger charge is 2.24. The summed E-state index contributed by atoms with van der Waals surface area (Å²) in [5.41, 5.74) is 3.04. The van der Waals surface area contributed by atoms with Crippen LogP contribution in [0.5, 0.6) is 0 Å². The van der Waals surface area contributed by atoms with Crippen LogP contribution in [0.25, 0.3) is 10.9 Å². The van der Waals surface area contributed by atoms with Gasteiger partial charge in [-0.2, -0.15) is 0 Å². The summed E-state index contributed by atoms with van der Waals surface area (Å²) >= 11 is 0. The average Bonchev–Trinajstić information content (AvgIpc) is 2.72. The van der Waals surface area contributed by atoms with Crippen LogP contribution < -0.4 is 10.6 Å². The summed E-state index contributed by atoms with van der Waals surface area (Å²) in [5.74, 6) is 0.344. The summed E-state index contributed by atoms with van der Waals surface area (Å²) in [6.45, 7) is 1.54. The number of benzene rings is 1. The van der Waals surface area contributed by atoms with Gasteiger partial charge < -0.3 is 15.6 Å². The fraction of sp³-hybridized carbons (Fsp3) is 0.308. The minimum Gasteiger partial charge on any atom is -0.361 e. The van der Waals surface area contributed by atoms with Gasteiger partial charge >= 0.3 is 0 Å². The maximum Gasteiger partial charge on any atom is 0.251 e. The molecule has 1 atom stereocenters. The zero-order valence-electron chi connectivity index (χ0n) is 10.1. The maximum atomic E-state index is 12.0. The molecule has 5 heteroatoms. The third kappa shape index (κ3) is 1.87. The first-order chi connectivity index (χ1) is 8.31. The van der Waals surface area contributed by atoms with E-state index in [9.17, 15) is 4.79 Å². The van der Waals surface area contributed by atoms with Crippen molar-refractivity contribution in [3.05, 3.63) is 35.5 Å². The first-order valence-electron chi connectivity index (χ1n) is 5.84. The van der Waals surface area contributed by atoms with Crippen LogP contribution in [-0.4, -0.2) is 31.0 Å². The summed E-state index contributed by atoms with van der Waals surface area (Å²) in [7, 11) is 1.93. The molecule has 0 unspecified atom stereocenters. The van der Waals surface area contributed by atoms with Gasteiger partial charge in [-0.05, 0) is 24.7 Å². The molecule has 2 heterocycles. The summed E-state index contributed by atoms with van der Waals surface area (Å²) in [5, 5.41) is 7.23. The van der Waals surface area contributed by atoms with E-state index in [1.807, 2.05) is 31.4 Å². The van der Waals surface area contributed by atoms with Crippen LogP contribution >= 0.6 is 12.4 Å². The van der Waals surface area contributed by atoms with Crippen LogP contribution in [0.15, 0.2) is 24.4 Å². The molecule has 0 radical (unpaired) electrons. The number of likely N-dealkylation sites (N-methyl/N-ethyl adjacent to an activating group) is 1. The first-order valence-corrected chi connectivity index (χ1v) is 5.84. The number of rotatable bonds is 2. The van der Waals surface area contributed by atoms with Gasteiger partial charge in [-0.1, -0.05) is 6.07 Å². The molecule has 18 heavy (non-hydrogen) atoms. The van der Waals surface area contributed by atoms with Crippen molar-refractivity contribution in [3.8, 4) is 0 Å². The van der Waals surface area contributed by atoms with Gasteiger partial charge in [0.05, 0.1) is 0 Å². The highest BCUT2D eigenvalue weighted by molar-refractivity contribution is 6.08. The molecule has 1 amide bonds. The summed E-state index contributed by atoms with van der Waals surface area (Å²) in [6, 6.07) is 5.81. The Morgan fingerprint density at radius 2 is 2.28 bits per heavy atom. The fourth-order valence-corrected chi connectivity index (χ4v) is 2.57. The number of carbonyl (C=O) groups excluding carboxylic acids is 1. The molecule has 0 saturated carbocycles. The molecular weight excluding hydrogens is 250 g/mol. The standard InChI is InChI=1S/C13H15N3O.ClH/c1-14-5-8-6-16-13(17)9-3-2-4-11-12(9)10(8)7-15-11;/h2-4,7-8,14-15H,5-6H2,1H3,(H,16,17);1H/t8-;/m1./s1. The molecule has 3 rings (SSSR count). The molecule has 96 valence electrons. The number of hydrogen-bond donors (Lipinski definition) is 3.